The zero-order chi connectivity index (χ0) is 18.9. The van der Waals surface area contributed by atoms with Crippen molar-refractivity contribution in [1.29, 1.82) is 0 Å². The van der Waals surface area contributed by atoms with Gasteiger partial charge in [0.2, 0.25) is 21.8 Å². The van der Waals surface area contributed by atoms with Crippen LogP contribution in [-0.4, -0.2) is 18.6 Å². The fraction of sp³-hybridized carbons (Fsp3) is 0.222. The number of benzene rings is 2. The van der Waals surface area contributed by atoms with Crippen molar-refractivity contribution in [3.05, 3.63) is 64.8 Å². The highest BCUT2D eigenvalue weighted by atomic mass is 32.2. The zero-order valence-corrected chi connectivity index (χ0v) is 15.4. The van der Waals surface area contributed by atoms with Crippen molar-refractivity contribution in [2.24, 2.45) is 0 Å². The predicted octanol–water partition coefficient (Wildman–Crippen LogP) is 3.28. The number of aryl methyl sites for hydroxylation is 3. The first-order valence-electron chi connectivity index (χ1n) is 7.92. The van der Waals surface area contributed by atoms with E-state index in [4.69, 9.17) is 4.42 Å². The Morgan fingerprint density at radius 2 is 1.65 bits per heavy atom. The van der Waals surface area contributed by atoms with E-state index in [1.807, 2.05) is 19.1 Å². The molecule has 0 radical (unpaired) electrons. The van der Waals surface area contributed by atoms with Crippen molar-refractivity contribution in [3.8, 4) is 11.5 Å². The summed E-state index contributed by atoms with van der Waals surface area (Å²) < 4.78 is 46.2. The molecular formula is C18H18FN3O3S. The molecule has 0 saturated carbocycles. The SMILES string of the molecule is Cc1cc(C)c(S(=O)(=O)NCc2nnc(-c3ccc(F)cc3)o2)c(C)c1. The summed E-state index contributed by atoms with van der Waals surface area (Å²) in [6, 6.07) is 9.23. The quantitative estimate of drug-likeness (QED) is 0.740. The standard InChI is InChI=1S/C18H18FN3O3S/c1-11-8-12(2)17(13(3)9-11)26(23,24)20-10-16-21-22-18(25-16)14-4-6-15(19)7-5-14/h4-9,20H,10H2,1-3H3. The summed E-state index contributed by atoms with van der Waals surface area (Å²) in [6.45, 7) is 5.30. The fourth-order valence-electron chi connectivity index (χ4n) is 2.85. The molecular weight excluding hydrogens is 357 g/mol. The Morgan fingerprint density at radius 1 is 1.04 bits per heavy atom. The number of hydrogen-bond acceptors (Lipinski definition) is 5. The van der Waals surface area contributed by atoms with Crippen molar-refractivity contribution < 1.29 is 17.2 Å². The Kier molecular flexibility index (Phi) is 4.88. The van der Waals surface area contributed by atoms with Gasteiger partial charge in [0.15, 0.2) is 0 Å². The topological polar surface area (TPSA) is 85.1 Å². The van der Waals surface area contributed by atoms with Crippen LogP contribution in [0.25, 0.3) is 11.5 Å². The molecule has 1 heterocycles. The number of hydrogen-bond donors (Lipinski definition) is 1. The maximum Gasteiger partial charge on any atom is 0.247 e. The van der Waals surface area contributed by atoms with E-state index in [0.717, 1.165) is 5.56 Å². The molecule has 1 aromatic heterocycles. The second-order valence-corrected chi connectivity index (χ2v) is 7.76. The molecule has 136 valence electrons. The maximum absolute atomic E-state index is 13.0. The Balaban J connectivity index is 1.78. The van der Waals surface area contributed by atoms with Crippen molar-refractivity contribution in [2.75, 3.05) is 0 Å². The molecule has 0 amide bonds. The van der Waals surface area contributed by atoms with Crippen molar-refractivity contribution >= 4 is 10.0 Å². The van der Waals surface area contributed by atoms with Crippen LogP contribution in [0.15, 0.2) is 45.7 Å². The molecule has 0 spiro atoms. The van der Waals surface area contributed by atoms with Gasteiger partial charge in [-0.1, -0.05) is 17.7 Å². The van der Waals surface area contributed by atoms with Gasteiger partial charge in [-0.2, -0.15) is 0 Å². The molecule has 0 bridgehead atoms. The van der Waals surface area contributed by atoms with Gasteiger partial charge < -0.3 is 4.42 Å². The molecule has 0 saturated heterocycles. The highest BCUT2D eigenvalue weighted by molar-refractivity contribution is 7.89. The number of halogens is 1. The second kappa shape index (κ2) is 6.97. The van der Waals surface area contributed by atoms with Crippen molar-refractivity contribution in [2.45, 2.75) is 32.2 Å². The molecule has 2 aromatic carbocycles. The predicted molar refractivity (Wildman–Crippen MR) is 94.4 cm³/mol. The highest BCUT2D eigenvalue weighted by Crippen LogP contribution is 2.22. The van der Waals surface area contributed by atoms with E-state index in [2.05, 4.69) is 14.9 Å². The lowest BCUT2D eigenvalue weighted by molar-refractivity contribution is 0.494. The minimum atomic E-state index is -3.72. The number of sulfonamides is 1. The molecule has 3 aromatic rings. The number of rotatable bonds is 5. The van der Waals surface area contributed by atoms with Crippen LogP contribution >= 0.6 is 0 Å². The first-order valence-corrected chi connectivity index (χ1v) is 9.40. The Labute approximate surface area is 151 Å². The molecule has 6 nitrogen and oxygen atoms in total. The van der Waals surface area contributed by atoms with Crippen LogP contribution in [0, 0.1) is 26.6 Å². The van der Waals surface area contributed by atoms with Gasteiger partial charge in [-0.3, -0.25) is 0 Å². The molecule has 1 N–H and O–H groups in total. The summed E-state index contributed by atoms with van der Waals surface area (Å²) in [4.78, 5) is 0.251. The summed E-state index contributed by atoms with van der Waals surface area (Å²) in [6.07, 6.45) is 0. The van der Waals surface area contributed by atoms with Crippen LogP contribution in [0.2, 0.25) is 0 Å². The lowest BCUT2D eigenvalue weighted by atomic mass is 10.1. The van der Waals surface area contributed by atoms with Crippen LogP contribution < -0.4 is 4.72 Å². The van der Waals surface area contributed by atoms with Crippen molar-refractivity contribution in [3.63, 3.8) is 0 Å². The van der Waals surface area contributed by atoms with Gasteiger partial charge in [0.1, 0.15) is 5.82 Å². The molecule has 8 heteroatoms. The first-order chi connectivity index (χ1) is 12.3. The molecule has 0 aliphatic carbocycles. The zero-order valence-electron chi connectivity index (χ0n) is 14.6. The third-order valence-electron chi connectivity index (χ3n) is 3.84. The number of nitrogens with zero attached hydrogens (tertiary/aromatic N) is 2. The van der Waals surface area contributed by atoms with Crippen LogP contribution in [0.3, 0.4) is 0 Å². The van der Waals surface area contributed by atoms with Gasteiger partial charge in [-0.05, 0) is 56.2 Å². The molecule has 0 fully saturated rings. The third-order valence-corrected chi connectivity index (χ3v) is 5.55. The molecule has 0 aliphatic rings. The smallest absolute Gasteiger partial charge is 0.247 e. The summed E-state index contributed by atoms with van der Waals surface area (Å²) in [5.74, 6) is -0.0534. The first kappa shape index (κ1) is 18.2. The molecule has 0 aliphatic heterocycles. The lowest BCUT2D eigenvalue weighted by Crippen LogP contribution is -2.25. The fourth-order valence-corrected chi connectivity index (χ4v) is 4.28. The van der Waals surface area contributed by atoms with E-state index in [9.17, 15) is 12.8 Å². The van der Waals surface area contributed by atoms with Gasteiger partial charge in [0.05, 0.1) is 11.4 Å². The van der Waals surface area contributed by atoms with Crippen molar-refractivity contribution in [1.82, 2.24) is 14.9 Å². The van der Waals surface area contributed by atoms with E-state index < -0.39 is 10.0 Å². The Morgan fingerprint density at radius 3 is 2.27 bits per heavy atom. The minimum absolute atomic E-state index is 0.121. The summed E-state index contributed by atoms with van der Waals surface area (Å²) >= 11 is 0. The van der Waals surface area contributed by atoms with E-state index in [0.29, 0.717) is 16.7 Å². The highest BCUT2D eigenvalue weighted by Gasteiger charge is 2.21. The largest absolute Gasteiger partial charge is 0.419 e. The lowest BCUT2D eigenvalue weighted by Gasteiger charge is -2.12. The summed E-state index contributed by atoms with van der Waals surface area (Å²) in [5.41, 5.74) is 2.90. The van der Waals surface area contributed by atoms with E-state index in [-0.39, 0.29) is 29.0 Å². The minimum Gasteiger partial charge on any atom is -0.419 e. The third kappa shape index (κ3) is 3.81. The average Bonchev–Trinajstić information content (AvgIpc) is 3.01. The summed E-state index contributed by atoms with van der Waals surface area (Å²) in [7, 11) is -3.72. The number of nitrogens with one attached hydrogen (secondary N) is 1. The van der Waals surface area contributed by atoms with Gasteiger partial charge >= 0.3 is 0 Å². The van der Waals surface area contributed by atoms with E-state index in [1.54, 1.807) is 13.8 Å². The van der Waals surface area contributed by atoms with Crippen LogP contribution in [0.1, 0.15) is 22.6 Å². The average molecular weight is 375 g/mol. The Bertz CT molecular complexity index is 1020. The second-order valence-electron chi connectivity index (χ2n) is 6.06. The van der Waals surface area contributed by atoms with Gasteiger partial charge in [0, 0.05) is 5.56 Å². The van der Waals surface area contributed by atoms with Gasteiger partial charge in [-0.15, -0.1) is 10.2 Å². The molecule has 3 rings (SSSR count). The molecule has 26 heavy (non-hydrogen) atoms. The van der Waals surface area contributed by atoms with Crippen LogP contribution in [0.4, 0.5) is 4.39 Å². The van der Waals surface area contributed by atoms with Crippen LogP contribution in [-0.2, 0) is 16.6 Å². The van der Waals surface area contributed by atoms with Gasteiger partial charge in [0.25, 0.3) is 0 Å². The monoisotopic (exact) mass is 375 g/mol. The molecule has 0 atom stereocenters. The van der Waals surface area contributed by atoms with E-state index >= 15 is 0 Å². The number of aromatic nitrogens is 2. The van der Waals surface area contributed by atoms with Gasteiger partial charge in [-0.25, -0.2) is 17.5 Å². The Hall–Kier alpha value is -2.58. The molecule has 0 unspecified atom stereocenters. The normalized spacial score (nSPS) is 11.7. The van der Waals surface area contributed by atoms with Crippen LogP contribution in [0.5, 0.6) is 0 Å². The van der Waals surface area contributed by atoms with E-state index in [1.165, 1.54) is 24.3 Å². The summed E-state index contributed by atoms with van der Waals surface area (Å²) in [5, 5.41) is 7.70. The maximum atomic E-state index is 13.0.